The van der Waals surface area contributed by atoms with E-state index in [1.54, 1.807) is 54.6 Å². The molecule has 5 rings (SSSR count). The minimum atomic E-state index is -2.92. The number of nitrogens with zero attached hydrogens (tertiary/aromatic N) is 4. The minimum absolute atomic E-state index is 0.0177. The maximum atomic E-state index is 14.5. The number of ether oxygens (including phenoxy) is 1. The molecule has 1 aliphatic heterocycles. The lowest BCUT2D eigenvalue weighted by molar-refractivity contribution is 0.0943. The van der Waals surface area contributed by atoms with Crippen LogP contribution in [-0.4, -0.2) is 52.7 Å². The summed E-state index contributed by atoms with van der Waals surface area (Å²) in [6, 6.07) is 8.99. The van der Waals surface area contributed by atoms with Crippen LogP contribution >= 0.6 is 0 Å². The van der Waals surface area contributed by atoms with Crippen LogP contribution in [0.1, 0.15) is 33.4 Å². The predicted octanol–water partition coefficient (Wildman–Crippen LogP) is 2.62. The highest BCUT2D eigenvalue weighted by Crippen LogP contribution is 2.27. The summed E-state index contributed by atoms with van der Waals surface area (Å²) in [5.41, 5.74) is 2.19. The summed E-state index contributed by atoms with van der Waals surface area (Å²) in [5, 5.41) is 7.92. The molecule has 1 fully saturated rings. The average molecular weight is 510 g/mol. The molecule has 1 saturated heterocycles. The topological polar surface area (TPSA) is 116 Å². The molecule has 0 bridgehead atoms. The number of sulfone groups is 1. The SMILES string of the molecule is COc1ccc([C@H](NC(=O)c2ccc3cnc(CC4CS(=O)(=O)C4)nc3c2)c2cnn(C)c2)cc1F. The summed E-state index contributed by atoms with van der Waals surface area (Å²) in [5.74, 6) is 0.0712. The molecule has 1 aliphatic rings. The lowest BCUT2D eigenvalue weighted by atomic mass is 10.0. The van der Waals surface area contributed by atoms with Crippen molar-refractivity contribution >= 4 is 26.6 Å². The Morgan fingerprint density at radius 2 is 2.00 bits per heavy atom. The molecule has 0 spiro atoms. The van der Waals surface area contributed by atoms with Gasteiger partial charge in [0, 0.05) is 42.4 Å². The number of aryl methyl sites for hydroxylation is 1. The fraction of sp³-hybridized carbons (Fsp3) is 0.280. The number of carbonyl (C=O) groups is 1. The number of fused-ring (bicyclic) bond motifs is 1. The van der Waals surface area contributed by atoms with Gasteiger partial charge in [0.05, 0.1) is 36.4 Å². The fourth-order valence-corrected chi connectivity index (χ4v) is 5.95. The van der Waals surface area contributed by atoms with Crippen molar-refractivity contribution in [2.45, 2.75) is 12.5 Å². The van der Waals surface area contributed by atoms with Crippen molar-refractivity contribution in [3.8, 4) is 5.75 Å². The van der Waals surface area contributed by atoms with E-state index >= 15 is 0 Å². The van der Waals surface area contributed by atoms with Crippen LogP contribution in [0.25, 0.3) is 10.9 Å². The molecule has 2 aromatic carbocycles. The molecule has 11 heteroatoms. The first-order valence-corrected chi connectivity index (χ1v) is 13.1. The van der Waals surface area contributed by atoms with E-state index in [0.717, 1.165) is 5.39 Å². The highest BCUT2D eigenvalue weighted by Gasteiger charge is 2.33. The Morgan fingerprint density at radius 1 is 1.19 bits per heavy atom. The molecule has 1 amide bonds. The first kappa shape index (κ1) is 23.9. The fourth-order valence-electron chi connectivity index (χ4n) is 4.37. The number of rotatable bonds is 7. The largest absolute Gasteiger partial charge is 0.494 e. The normalized spacial score (nSPS) is 15.9. The second kappa shape index (κ2) is 9.30. The Hall–Kier alpha value is -3.86. The number of aromatic nitrogens is 4. The summed E-state index contributed by atoms with van der Waals surface area (Å²) in [6.07, 6.45) is 5.52. The zero-order chi connectivity index (χ0) is 25.4. The minimum Gasteiger partial charge on any atom is -0.494 e. The van der Waals surface area contributed by atoms with Gasteiger partial charge in [-0.25, -0.2) is 22.8 Å². The number of methoxy groups -OCH3 is 1. The van der Waals surface area contributed by atoms with Crippen molar-refractivity contribution in [2.24, 2.45) is 13.0 Å². The maximum absolute atomic E-state index is 14.5. The van der Waals surface area contributed by atoms with Gasteiger partial charge in [0.1, 0.15) is 5.82 Å². The number of benzene rings is 2. The van der Waals surface area contributed by atoms with Gasteiger partial charge in [-0.2, -0.15) is 5.10 Å². The van der Waals surface area contributed by atoms with Crippen molar-refractivity contribution in [3.63, 3.8) is 0 Å². The maximum Gasteiger partial charge on any atom is 0.252 e. The smallest absolute Gasteiger partial charge is 0.252 e. The second-order valence-corrected chi connectivity index (χ2v) is 11.1. The standard InChI is InChI=1S/C25H24FN5O4S/c1-31-12-19(11-28-31)24(16-5-6-22(35-2)20(26)8-16)30-25(32)17-3-4-18-10-27-23(29-21(18)9-17)7-15-13-36(33,34)14-15/h3-6,8-12,15,24H,7,13-14H2,1-2H3,(H,30,32)/t24-/m0/s1. The van der Waals surface area contributed by atoms with E-state index in [1.807, 2.05) is 0 Å². The van der Waals surface area contributed by atoms with Crippen LogP contribution in [0.2, 0.25) is 0 Å². The van der Waals surface area contributed by atoms with Gasteiger partial charge >= 0.3 is 0 Å². The van der Waals surface area contributed by atoms with E-state index < -0.39 is 21.7 Å². The molecule has 9 nitrogen and oxygen atoms in total. The van der Waals surface area contributed by atoms with Gasteiger partial charge in [0.2, 0.25) is 0 Å². The molecule has 0 saturated carbocycles. The molecule has 0 radical (unpaired) electrons. The first-order chi connectivity index (χ1) is 17.2. The van der Waals surface area contributed by atoms with Crippen LogP contribution in [0, 0.1) is 11.7 Å². The van der Waals surface area contributed by atoms with Gasteiger partial charge in [-0.15, -0.1) is 0 Å². The first-order valence-electron chi connectivity index (χ1n) is 11.3. The van der Waals surface area contributed by atoms with Gasteiger partial charge < -0.3 is 10.1 Å². The van der Waals surface area contributed by atoms with Gasteiger partial charge in [-0.1, -0.05) is 12.1 Å². The van der Waals surface area contributed by atoms with Crippen LogP contribution < -0.4 is 10.1 Å². The number of hydrogen-bond acceptors (Lipinski definition) is 7. The van der Waals surface area contributed by atoms with Crippen molar-refractivity contribution < 1.29 is 22.3 Å². The van der Waals surface area contributed by atoms with Crippen molar-refractivity contribution in [1.82, 2.24) is 25.1 Å². The molecular formula is C25H24FN5O4S. The molecule has 1 atom stereocenters. The number of carbonyl (C=O) groups excluding carboxylic acids is 1. The summed E-state index contributed by atoms with van der Waals surface area (Å²) in [7, 11) is 0.232. The van der Waals surface area contributed by atoms with Crippen LogP contribution in [0.5, 0.6) is 5.75 Å². The monoisotopic (exact) mass is 509 g/mol. The molecule has 36 heavy (non-hydrogen) atoms. The summed E-state index contributed by atoms with van der Waals surface area (Å²) in [4.78, 5) is 22.2. The third kappa shape index (κ3) is 4.92. The van der Waals surface area contributed by atoms with E-state index in [1.165, 1.54) is 19.2 Å². The third-order valence-corrected chi connectivity index (χ3v) is 8.15. The summed E-state index contributed by atoms with van der Waals surface area (Å²) >= 11 is 0. The number of nitrogens with one attached hydrogen (secondary N) is 1. The predicted molar refractivity (Wildman–Crippen MR) is 131 cm³/mol. The molecule has 4 aromatic rings. The van der Waals surface area contributed by atoms with Crippen molar-refractivity contribution in [1.29, 1.82) is 0 Å². The zero-order valence-corrected chi connectivity index (χ0v) is 20.5. The summed E-state index contributed by atoms with van der Waals surface area (Å²) < 4.78 is 44.0. The molecular weight excluding hydrogens is 485 g/mol. The van der Waals surface area contributed by atoms with Gasteiger partial charge in [0.25, 0.3) is 5.91 Å². The quantitative estimate of drug-likeness (QED) is 0.407. The molecule has 0 aliphatic carbocycles. The van der Waals surface area contributed by atoms with E-state index in [9.17, 15) is 17.6 Å². The zero-order valence-electron chi connectivity index (χ0n) is 19.7. The lowest BCUT2D eigenvalue weighted by Crippen LogP contribution is -2.37. The molecule has 2 aromatic heterocycles. The van der Waals surface area contributed by atoms with Gasteiger partial charge in [-0.3, -0.25) is 9.48 Å². The second-order valence-electron chi connectivity index (χ2n) is 8.95. The Morgan fingerprint density at radius 3 is 2.67 bits per heavy atom. The molecule has 0 unspecified atom stereocenters. The number of halogens is 1. The lowest BCUT2D eigenvalue weighted by Gasteiger charge is -2.24. The van der Waals surface area contributed by atoms with E-state index in [4.69, 9.17) is 4.74 Å². The van der Waals surface area contributed by atoms with E-state index in [-0.39, 0.29) is 29.1 Å². The Kier molecular flexibility index (Phi) is 6.17. The Labute approximate surface area is 207 Å². The van der Waals surface area contributed by atoms with Crippen LogP contribution in [-0.2, 0) is 23.3 Å². The van der Waals surface area contributed by atoms with Crippen LogP contribution in [0.15, 0.2) is 55.0 Å². The third-order valence-electron chi connectivity index (χ3n) is 6.19. The van der Waals surface area contributed by atoms with E-state index in [2.05, 4.69) is 20.4 Å². The molecule has 1 N–H and O–H groups in total. The van der Waals surface area contributed by atoms with Gasteiger partial charge in [0.15, 0.2) is 21.4 Å². The molecule has 3 heterocycles. The summed E-state index contributed by atoms with van der Waals surface area (Å²) in [6.45, 7) is 0. The Balaban J connectivity index is 1.41. The number of hydrogen-bond donors (Lipinski definition) is 1. The van der Waals surface area contributed by atoms with E-state index in [0.29, 0.717) is 34.5 Å². The van der Waals surface area contributed by atoms with Crippen molar-refractivity contribution in [3.05, 3.63) is 83.3 Å². The van der Waals surface area contributed by atoms with Crippen LogP contribution in [0.4, 0.5) is 4.39 Å². The molecule has 186 valence electrons. The highest BCUT2D eigenvalue weighted by atomic mass is 32.2. The Bertz CT molecular complexity index is 1560. The van der Waals surface area contributed by atoms with Gasteiger partial charge in [-0.05, 0) is 35.7 Å². The van der Waals surface area contributed by atoms with Crippen molar-refractivity contribution in [2.75, 3.05) is 18.6 Å². The number of amides is 1. The average Bonchev–Trinajstić information content (AvgIpc) is 3.26. The van der Waals surface area contributed by atoms with Crippen LogP contribution in [0.3, 0.4) is 0 Å². The highest BCUT2D eigenvalue weighted by molar-refractivity contribution is 7.92.